The van der Waals surface area contributed by atoms with Crippen molar-refractivity contribution in [2.45, 2.75) is 41.3 Å². The minimum atomic E-state index is -0.159. The Balaban J connectivity index is 1.42. The van der Waals surface area contributed by atoms with Crippen LogP contribution in [0.1, 0.15) is 29.6 Å². The van der Waals surface area contributed by atoms with E-state index in [9.17, 15) is 4.39 Å². The number of amidine groups is 1. The molecule has 2 aliphatic heterocycles. The third kappa shape index (κ3) is 4.47. The number of benzene rings is 2. The van der Waals surface area contributed by atoms with Gasteiger partial charge in [0.1, 0.15) is 11.5 Å². The van der Waals surface area contributed by atoms with Crippen LogP contribution in [0.3, 0.4) is 0 Å². The Morgan fingerprint density at radius 2 is 2.00 bits per heavy atom. The number of likely N-dealkylation sites (N-methyl/N-ethyl adjacent to an activating group) is 1. The largest absolute Gasteiger partial charge is 0.352 e. The van der Waals surface area contributed by atoms with Crippen LogP contribution in [0.5, 0.6) is 0 Å². The van der Waals surface area contributed by atoms with Gasteiger partial charge in [0.15, 0.2) is 5.84 Å². The first kappa shape index (κ1) is 21.6. The number of hydrogen-bond donors (Lipinski definition) is 0. The molecule has 1 fully saturated rings. The molecule has 1 saturated heterocycles. The van der Waals surface area contributed by atoms with Crippen LogP contribution in [0.25, 0.3) is 0 Å². The van der Waals surface area contributed by atoms with Crippen molar-refractivity contribution in [2.24, 2.45) is 4.99 Å². The van der Waals surface area contributed by atoms with Gasteiger partial charge in [-0.2, -0.15) is 0 Å². The van der Waals surface area contributed by atoms with E-state index in [4.69, 9.17) is 9.98 Å². The summed E-state index contributed by atoms with van der Waals surface area (Å²) in [6.07, 6.45) is 2.79. The van der Waals surface area contributed by atoms with E-state index in [1.54, 1.807) is 35.2 Å². The van der Waals surface area contributed by atoms with Gasteiger partial charge >= 0.3 is 0 Å². The summed E-state index contributed by atoms with van der Waals surface area (Å²) in [5.41, 5.74) is 3.11. The number of rotatable bonds is 4. The van der Waals surface area contributed by atoms with Gasteiger partial charge in [-0.3, -0.25) is 4.90 Å². The van der Waals surface area contributed by atoms with E-state index >= 15 is 0 Å². The fraction of sp³-hybridized carbons (Fsp3) is 0.360. The number of piperazine rings is 1. The Labute approximate surface area is 197 Å². The number of fused-ring (bicyclic) bond motifs is 2. The molecule has 0 spiro atoms. The van der Waals surface area contributed by atoms with E-state index in [0.717, 1.165) is 66.7 Å². The van der Waals surface area contributed by atoms with E-state index in [0.29, 0.717) is 6.04 Å². The summed E-state index contributed by atoms with van der Waals surface area (Å²) >= 11 is 3.57. The highest BCUT2D eigenvalue weighted by Gasteiger charge is 2.31. The van der Waals surface area contributed by atoms with E-state index < -0.39 is 0 Å². The molecule has 0 saturated carbocycles. The van der Waals surface area contributed by atoms with Crippen LogP contribution in [0.2, 0.25) is 0 Å². The van der Waals surface area contributed by atoms with Crippen LogP contribution in [0, 0.1) is 5.82 Å². The van der Waals surface area contributed by atoms with Crippen molar-refractivity contribution in [2.75, 3.05) is 26.7 Å². The minimum absolute atomic E-state index is 0.159. The lowest BCUT2D eigenvalue weighted by atomic mass is 10.0. The van der Waals surface area contributed by atoms with Crippen molar-refractivity contribution in [1.29, 1.82) is 0 Å². The van der Waals surface area contributed by atoms with Gasteiger partial charge in [-0.05, 0) is 56.1 Å². The maximum atomic E-state index is 13.6. The van der Waals surface area contributed by atoms with Gasteiger partial charge in [0.05, 0.1) is 14.9 Å². The third-order valence-electron chi connectivity index (χ3n) is 6.18. The molecule has 0 bridgehead atoms. The molecule has 166 valence electrons. The molecule has 2 aromatic carbocycles. The number of para-hydroxylation sites is 1. The number of thiazole rings is 1. The number of nitrogens with zero attached hydrogens (tertiary/aromatic N) is 4. The molecule has 3 aromatic rings. The van der Waals surface area contributed by atoms with Gasteiger partial charge in [0.25, 0.3) is 0 Å². The van der Waals surface area contributed by atoms with E-state index in [2.05, 4.69) is 48.0 Å². The van der Waals surface area contributed by atoms with Gasteiger partial charge in [-0.25, -0.2) is 14.4 Å². The number of aryl methyl sites for hydroxylation is 2. The molecule has 4 nitrogen and oxygen atoms in total. The van der Waals surface area contributed by atoms with E-state index in [-0.39, 0.29) is 5.82 Å². The molecule has 0 aliphatic carbocycles. The first-order valence-electron chi connectivity index (χ1n) is 11.2. The highest BCUT2D eigenvalue weighted by atomic mass is 32.2. The van der Waals surface area contributed by atoms with Crippen LogP contribution < -0.4 is 0 Å². The zero-order valence-corrected chi connectivity index (χ0v) is 20.1. The summed E-state index contributed by atoms with van der Waals surface area (Å²) in [6, 6.07) is 15.7. The van der Waals surface area contributed by atoms with Gasteiger partial charge in [-0.1, -0.05) is 43.0 Å². The Morgan fingerprint density at radius 1 is 1.12 bits per heavy atom. The second-order valence-electron chi connectivity index (χ2n) is 8.35. The summed E-state index contributed by atoms with van der Waals surface area (Å²) < 4.78 is 14.8. The Bertz CT molecular complexity index is 1140. The predicted molar refractivity (Wildman–Crippen MR) is 131 cm³/mol. The van der Waals surface area contributed by atoms with Crippen molar-refractivity contribution in [3.05, 3.63) is 70.6 Å². The smallest absolute Gasteiger partial charge is 0.157 e. The monoisotopic (exact) mass is 466 g/mol. The number of aromatic nitrogens is 1. The molecule has 2 aliphatic rings. The van der Waals surface area contributed by atoms with E-state index in [1.165, 1.54) is 15.2 Å². The van der Waals surface area contributed by atoms with Gasteiger partial charge in [0.2, 0.25) is 0 Å². The average Bonchev–Trinajstić information content (AvgIpc) is 3.14. The SMILES string of the molecule is CCc1nc2c(s1)Sc1ccccc1N=C2N1CCN(C)C(CCc2cccc(F)c2)C1. The van der Waals surface area contributed by atoms with Crippen molar-refractivity contribution in [3.63, 3.8) is 0 Å². The lowest BCUT2D eigenvalue weighted by Gasteiger charge is -2.40. The summed E-state index contributed by atoms with van der Waals surface area (Å²) in [5, 5.41) is 1.16. The third-order valence-corrected chi connectivity index (χ3v) is 8.62. The fourth-order valence-electron chi connectivity index (χ4n) is 4.31. The summed E-state index contributed by atoms with van der Waals surface area (Å²) in [7, 11) is 2.19. The molecule has 1 aromatic heterocycles. The summed E-state index contributed by atoms with van der Waals surface area (Å²) in [6.45, 7) is 4.96. The second-order valence-corrected chi connectivity index (χ2v) is 10.7. The highest BCUT2D eigenvalue weighted by Crippen LogP contribution is 2.43. The summed E-state index contributed by atoms with van der Waals surface area (Å²) in [4.78, 5) is 16.2. The van der Waals surface area contributed by atoms with Crippen LogP contribution in [0.15, 0.2) is 62.6 Å². The first-order chi connectivity index (χ1) is 15.6. The minimum Gasteiger partial charge on any atom is -0.352 e. The molecule has 1 unspecified atom stereocenters. The van der Waals surface area contributed by atoms with Crippen LogP contribution >= 0.6 is 23.1 Å². The standard InChI is InChI=1S/C25H27FN4S2/c1-3-22-28-23-24(27-20-9-4-5-10-21(20)31-25(23)32-22)30-14-13-29(2)19(16-30)12-11-17-7-6-8-18(26)15-17/h4-10,15,19H,3,11-14,16H2,1-2H3. The van der Waals surface area contributed by atoms with Crippen LogP contribution in [-0.4, -0.2) is 53.3 Å². The van der Waals surface area contributed by atoms with Gasteiger partial charge < -0.3 is 4.90 Å². The quantitative estimate of drug-likeness (QED) is 0.498. The maximum Gasteiger partial charge on any atom is 0.157 e. The van der Waals surface area contributed by atoms with Crippen molar-refractivity contribution < 1.29 is 4.39 Å². The van der Waals surface area contributed by atoms with Crippen molar-refractivity contribution >= 4 is 34.6 Å². The lowest BCUT2D eigenvalue weighted by Crippen LogP contribution is -2.53. The molecule has 1 atom stereocenters. The molecule has 0 radical (unpaired) electrons. The Kier molecular flexibility index (Phi) is 6.31. The number of halogens is 1. The normalized spacial score (nSPS) is 18.7. The van der Waals surface area contributed by atoms with Crippen LogP contribution in [-0.2, 0) is 12.8 Å². The fourth-order valence-corrected chi connectivity index (χ4v) is 6.56. The van der Waals surface area contributed by atoms with Gasteiger partial charge in [0, 0.05) is 30.6 Å². The molecule has 32 heavy (non-hydrogen) atoms. The molecule has 7 heteroatoms. The first-order valence-corrected chi connectivity index (χ1v) is 12.8. The maximum absolute atomic E-state index is 13.6. The van der Waals surface area contributed by atoms with Crippen molar-refractivity contribution in [1.82, 2.24) is 14.8 Å². The van der Waals surface area contributed by atoms with Gasteiger partial charge in [-0.15, -0.1) is 11.3 Å². The zero-order valence-electron chi connectivity index (χ0n) is 18.4. The molecular weight excluding hydrogens is 439 g/mol. The zero-order chi connectivity index (χ0) is 22.1. The average molecular weight is 467 g/mol. The molecule has 0 N–H and O–H groups in total. The van der Waals surface area contributed by atoms with E-state index in [1.807, 2.05) is 6.07 Å². The number of aliphatic imine (C=N–C) groups is 1. The molecule has 5 rings (SSSR count). The Morgan fingerprint density at radius 3 is 2.84 bits per heavy atom. The lowest BCUT2D eigenvalue weighted by molar-refractivity contribution is 0.134. The topological polar surface area (TPSA) is 31.7 Å². The van der Waals surface area contributed by atoms with Crippen molar-refractivity contribution in [3.8, 4) is 0 Å². The number of hydrogen-bond acceptors (Lipinski definition) is 6. The predicted octanol–water partition coefficient (Wildman–Crippen LogP) is 5.64. The molecule has 0 amide bonds. The highest BCUT2D eigenvalue weighted by molar-refractivity contribution is 8.01. The summed E-state index contributed by atoms with van der Waals surface area (Å²) in [5.74, 6) is 0.838. The Hall–Kier alpha value is -2.22. The second kappa shape index (κ2) is 9.33. The molecular formula is C25H27FN4S2. The molecule has 3 heterocycles. The van der Waals surface area contributed by atoms with Crippen LogP contribution in [0.4, 0.5) is 10.1 Å².